The van der Waals surface area contributed by atoms with Crippen molar-refractivity contribution in [3.63, 3.8) is 0 Å². The molecule has 2 spiro atoms. The Morgan fingerprint density at radius 2 is 1.76 bits per heavy atom. The largest absolute Gasteiger partial charge is 0.472 e. The summed E-state index contributed by atoms with van der Waals surface area (Å²) < 4.78 is 35.3. The molecular weight excluding hydrogens is 608 g/mol. The van der Waals surface area contributed by atoms with E-state index in [0.717, 1.165) is 0 Å². The Labute approximate surface area is 264 Å². The third-order valence-electron chi connectivity index (χ3n) is 12.6. The Morgan fingerprint density at radius 3 is 2.41 bits per heavy atom. The first kappa shape index (κ1) is 32.1. The van der Waals surface area contributed by atoms with Crippen LogP contribution in [0, 0.1) is 28.1 Å². The number of fused-ring (bicyclic) bond motifs is 2. The smallest absolute Gasteiger partial charge is 0.339 e. The molecule has 1 aromatic rings. The maximum absolute atomic E-state index is 14.8. The van der Waals surface area contributed by atoms with E-state index in [9.17, 15) is 39.9 Å². The van der Waals surface area contributed by atoms with Gasteiger partial charge in [-0.05, 0) is 45.6 Å². The van der Waals surface area contributed by atoms with Crippen molar-refractivity contribution in [1.82, 2.24) is 0 Å². The SMILES string of the molecule is CC(C)(O[C@@H]1O[C@H](CO)[C@@H](O)[C@H](O)[C@H]1O)C1CC(=O)C2(C)C(CCC3(C)C(c4ccoc4)OC(=O)C4OC432)C12COC(=O)CC2O. The highest BCUT2D eigenvalue weighted by Gasteiger charge is 2.89. The van der Waals surface area contributed by atoms with Gasteiger partial charge in [-0.1, -0.05) is 6.92 Å². The van der Waals surface area contributed by atoms with Crippen molar-refractivity contribution in [3.8, 4) is 0 Å². The molecule has 4 aliphatic heterocycles. The number of ketones is 1. The first-order chi connectivity index (χ1) is 21.6. The van der Waals surface area contributed by atoms with Crippen LogP contribution in [-0.2, 0) is 38.1 Å². The average Bonchev–Trinajstić information content (AvgIpc) is 3.58. The lowest BCUT2D eigenvalue weighted by molar-refractivity contribution is -0.341. The van der Waals surface area contributed by atoms with Crippen LogP contribution < -0.4 is 0 Å². The average molecular weight is 651 g/mol. The summed E-state index contributed by atoms with van der Waals surface area (Å²) in [4.78, 5) is 40.7. The molecule has 5 heterocycles. The van der Waals surface area contributed by atoms with Crippen LogP contribution in [0.15, 0.2) is 23.0 Å². The lowest BCUT2D eigenvalue weighted by Crippen LogP contribution is -2.75. The Hall–Kier alpha value is -2.43. The zero-order chi connectivity index (χ0) is 33.2. The summed E-state index contributed by atoms with van der Waals surface area (Å²) in [7, 11) is 0. The van der Waals surface area contributed by atoms with Gasteiger partial charge in [-0.25, -0.2) is 4.79 Å². The van der Waals surface area contributed by atoms with E-state index in [0.29, 0.717) is 18.4 Å². The van der Waals surface area contributed by atoms with E-state index in [-0.39, 0.29) is 25.2 Å². The van der Waals surface area contributed by atoms with E-state index < -0.39 is 107 Å². The standard InChI is InChI=1S/C32H42O14/c1-28(2,46-27-23(39)22(38)21(37)15(11-33)43-27)17-9-18(34)30(4)16(31(17)13-42-20(36)10-19(31)35)5-7-29(3)24(14-6-8-41-12-14)44-26(40)25-32(29,30)45-25/h6,8,12,15-17,19,21-25,27,33,35,37-39H,5,7,9-11,13H2,1-4H3/t15-,16?,17?,19?,21-,22+,23-,24?,25?,27+,29?,30?,31?,32?/m1/s1. The second-order valence-electron chi connectivity index (χ2n) is 14.9. The van der Waals surface area contributed by atoms with Crippen molar-refractivity contribution in [3.05, 3.63) is 24.2 Å². The van der Waals surface area contributed by atoms with Gasteiger partial charge < -0.3 is 53.6 Å². The van der Waals surface area contributed by atoms with Gasteiger partial charge >= 0.3 is 11.9 Å². The van der Waals surface area contributed by atoms with Crippen molar-refractivity contribution < 1.29 is 68.0 Å². The summed E-state index contributed by atoms with van der Waals surface area (Å²) in [6, 6.07) is 1.72. The molecule has 254 valence electrons. The monoisotopic (exact) mass is 650 g/mol. The molecule has 0 bridgehead atoms. The van der Waals surface area contributed by atoms with Crippen LogP contribution >= 0.6 is 0 Å². The number of furan rings is 1. The first-order valence-corrected chi connectivity index (χ1v) is 15.9. The number of carbonyl (C=O) groups is 3. The van der Waals surface area contributed by atoms with Gasteiger partial charge in [0, 0.05) is 28.7 Å². The first-order valence-electron chi connectivity index (χ1n) is 15.9. The molecule has 14 heteroatoms. The third-order valence-corrected chi connectivity index (χ3v) is 12.6. The van der Waals surface area contributed by atoms with Gasteiger partial charge in [0.2, 0.25) is 0 Å². The van der Waals surface area contributed by atoms with Gasteiger partial charge in [-0.15, -0.1) is 0 Å². The fourth-order valence-electron chi connectivity index (χ4n) is 10.3. The molecule has 9 unspecified atom stereocenters. The minimum atomic E-state index is -1.70. The molecule has 0 aromatic carbocycles. The van der Waals surface area contributed by atoms with Crippen molar-refractivity contribution in [2.75, 3.05) is 13.2 Å². The van der Waals surface area contributed by atoms with Crippen molar-refractivity contribution in [1.29, 1.82) is 0 Å². The predicted octanol–water partition coefficient (Wildman–Crippen LogP) is -0.0840. The van der Waals surface area contributed by atoms with Crippen molar-refractivity contribution in [2.24, 2.45) is 28.1 Å². The molecule has 2 saturated carbocycles. The molecule has 2 aliphatic carbocycles. The molecule has 4 saturated heterocycles. The van der Waals surface area contributed by atoms with E-state index >= 15 is 0 Å². The fraction of sp³-hybridized carbons (Fsp3) is 0.781. The molecule has 6 fully saturated rings. The van der Waals surface area contributed by atoms with Gasteiger partial charge in [0.1, 0.15) is 48.5 Å². The Morgan fingerprint density at radius 1 is 1.02 bits per heavy atom. The summed E-state index contributed by atoms with van der Waals surface area (Å²) in [5.74, 6) is -2.88. The van der Waals surface area contributed by atoms with Gasteiger partial charge in [0.25, 0.3) is 0 Å². The number of carbonyl (C=O) groups excluding carboxylic acids is 3. The number of Topliss-reactive ketones (excluding diaryl/α,β-unsaturated/α-hetero) is 1. The number of rotatable bonds is 5. The number of aliphatic hydroxyl groups is 5. The number of esters is 2. The quantitative estimate of drug-likeness (QED) is 0.208. The molecule has 6 aliphatic rings. The Balaban J connectivity index is 1.31. The highest BCUT2D eigenvalue weighted by molar-refractivity contribution is 5.93. The molecule has 1 aromatic heterocycles. The molecule has 14 atom stereocenters. The van der Waals surface area contributed by atoms with Gasteiger partial charge in [-0.3, -0.25) is 9.59 Å². The van der Waals surface area contributed by atoms with Crippen molar-refractivity contribution >= 4 is 17.7 Å². The normalized spacial score (nSPS) is 50.2. The second-order valence-corrected chi connectivity index (χ2v) is 14.9. The fourth-order valence-corrected chi connectivity index (χ4v) is 10.3. The number of cyclic esters (lactones) is 2. The van der Waals surface area contributed by atoms with E-state index in [1.165, 1.54) is 12.5 Å². The van der Waals surface area contributed by atoms with Crippen LogP contribution in [0.25, 0.3) is 0 Å². The lowest BCUT2D eigenvalue weighted by atomic mass is 9.36. The van der Waals surface area contributed by atoms with E-state index in [1.54, 1.807) is 26.8 Å². The number of ether oxygens (including phenoxy) is 5. The van der Waals surface area contributed by atoms with Crippen LogP contribution in [0.5, 0.6) is 0 Å². The highest BCUT2D eigenvalue weighted by Crippen LogP contribution is 2.78. The number of epoxide rings is 1. The Bertz CT molecular complexity index is 1410. The van der Waals surface area contributed by atoms with Crippen LogP contribution in [0.3, 0.4) is 0 Å². The molecule has 0 radical (unpaired) electrons. The predicted molar refractivity (Wildman–Crippen MR) is 150 cm³/mol. The van der Waals surface area contributed by atoms with Crippen molar-refractivity contribution in [2.45, 2.75) is 114 Å². The third kappa shape index (κ3) is 3.89. The molecular formula is C32H42O14. The molecule has 0 amide bonds. The van der Waals surface area contributed by atoms with Gasteiger partial charge in [-0.2, -0.15) is 0 Å². The van der Waals surface area contributed by atoms with E-state index in [1.807, 2.05) is 6.92 Å². The summed E-state index contributed by atoms with van der Waals surface area (Å²) in [6.07, 6.45) is -7.44. The number of aliphatic hydroxyl groups excluding tert-OH is 5. The Kier molecular flexibility index (Phi) is 7.19. The van der Waals surface area contributed by atoms with E-state index in [2.05, 4.69) is 0 Å². The highest BCUT2D eigenvalue weighted by atomic mass is 16.7. The van der Waals surface area contributed by atoms with Crippen LogP contribution in [0.4, 0.5) is 0 Å². The molecule has 14 nitrogen and oxygen atoms in total. The maximum Gasteiger partial charge on any atom is 0.339 e. The maximum atomic E-state index is 14.8. The zero-order valence-corrected chi connectivity index (χ0v) is 26.2. The van der Waals surface area contributed by atoms with Crippen LogP contribution in [-0.4, -0.2) is 111 Å². The van der Waals surface area contributed by atoms with Gasteiger partial charge in [0.15, 0.2) is 12.4 Å². The summed E-state index contributed by atoms with van der Waals surface area (Å²) in [5, 5.41) is 53.2. The zero-order valence-electron chi connectivity index (χ0n) is 26.2. The number of hydrogen-bond donors (Lipinski definition) is 5. The minimum absolute atomic E-state index is 0.175. The summed E-state index contributed by atoms with van der Waals surface area (Å²) in [6.45, 7) is 6.17. The topological polar surface area (TPSA) is 215 Å². The molecule has 46 heavy (non-hydrogen) atoms. The minimum Gasteiger partial charge on any atom is -0.472 e. The van der Waals surface area contributed by atoms with E-state index in [4.69, 9.17) is 28.1 Å². The second kappa shape index (κ2) is 10.3. The summed E-state index contributed by atoms with van der Waals surface area (Å²) >= 11 is 0. The summed E-state index contributed by atoms with van der Waals surface area (Å²) in [5.41, 5.74) is -5.45. The van der Waals surface area contributed by atoms with Crippen LogP contribution in [0.2, 0.25) is 0 Å². The van der Waals surface area contributed by atoms with Crippen LogP contribution in [0.1, 0.15) is 65.0 Å². The van der Waals surface area contributed by atoms with Gasteiger partial charge in [0.05, 0.1) is 42.7 Å². The lowest BCUT2D eigenvalue weighted by Gasteiger charge is -2.67. The number of hydrogen-bond acceptors (Lipinski definition) is 14. The molecule has 7 rings (SSSR count). The molecule has 5 N–H and O–H groups in total.